The van der Waals surface area contributed by atoms with Crippen LogP contribution >= 0.6 is 0 Å². The van der Waals surface area contributed by atoms with Crippen LogP contribution in [0, 0.1) is 11.8 Å². The van der Waals surface area contributed by atoms with E-state index in [0.717, 1.165) is 17.9 Å². The first-order valence-electron chi connectivity index (χ1n) is 6.36. The predicted molar refractivity (Wildman–Crippen MR) is 62.5 cm³/mol. The first-order chi connectivity index (χ1) is 9.90. The minimum Gasteiger partial charge on any atom is -0.611 e. The summed E-state index contributed by atoms with van der Waals surface area (Å²) in [6.07, 6.45) is 4.52. The fraction of sp³-hybridized carbons (Fsp3) is 0.700. The first kappa shape index (κ1) is 19.0. The molecule has 13 heteroatoms. The Balaban J connectivity index is 0.000000960. The summed E-state index contributed by atoms with van der Waals surface area (Å²) < 4.78 is 40.2. The van der Waals surface area contributed by atoms with Gasteiger partial charge in [-0.3, -0.25) is 4.55 Å². The molecule has 3 fully saturated rings. The number of hydrogen-bond donors (Lipinski definition) is 1. The zero-order chi connectivity index (χ0) is 14.8. The van der Waals surface area contributed by atoms with Gasteiger partial charge in [0.25, 0.3) is 0 Å². The average molecular weight is 683 g/mol. The van der Waals surface area contributed by atoms with Crippen molar-refractivity contribution in [2.24, 2.45) is 5.41 Å². The summed E-state index contributed by atoms with van der Waals surface area (Å²) in [7, 11) is -4.75. The van der Waals surface area contributed by atoms with Crippen molar-refractivity contribution in [3.05, 3.63) is 12.3 Å². The molecule has 2 saturated heterocycles. The third kappa shape index (κ3) is 3.14. The molecule has 10 nitrogen and oxygen atoms in total. The van der Waals surface area contributed by atoms with E-state index >= 15 is 0 Å². The topological polar surface area (TPSA) is 126 Å². The van der Waals surface area contributed by atoms with Crippen molar-refractivity contribution in [2.45, 2.75) is 31.3 Å². The van der Waals surface area contributed by atoms with E-state index in [-0.39, 0.29) is 53.4 Å². The summed E-state index contributed by atoms with van der Waals surface area (Å²) >= 11 is 0. The van der Waals surface area contributed by atoms with Gasteiger partial charge in [0, 0.05) is 54.7 Å². The van der Waals surface area contributed by atoms with E-state index in [1.165, 1.54) is 4.90 Å². The molecule has 2 bridgehead atoms. The van der Waals surface area contributed by atoms with Gasteiger partial charge in [0.05, 0.1) is 18.3 Å². The molecular formula is C10H11N4O6SW2-. The van der Waals surface area contributed by atoms with E-state index in [1.807, 2.05) is 0 Å². The van der Waals surface area contributed by atoms with E-state index in [9.17, 15) is 13.2 Å². The summed E-state index contributed by atoms with van der Waals surface area (Å²) in [6, 6.07) is -1.47. The van der Waals surface area contributed by atoms with Crippen molar-refractivity contribution in [1.29, 1.82) is 0 Å². The van der Waals surface area contributed by atoms with Crippen molar-refractivity contribution < 1.29 is 68.6 Å². The molecule has 3 aliphatic rings. The van der Waals surface area contributed by atoms with Gasteiger partial charge in [0.1, 0.15) is 0 Å². The molecule has 1 saturated carbocycles. The quantitative estimate of drug-likeness (QED) is 0.347. The van der Waals surface area contributed by atoms with Crippen LogP contribution in [0.1, 0.15) is 31.2 Å². The van der Waals surface area contributed by atoms with Crippen molar-refractivity contribution in [2.75, 3.05) is 6.54 Å². The Morgan fingerprint density at radius 3 is 2.61 bits per heavy atom. The second-order valence-corrected chi connectivity index (χ2v) is 6.60. The molecule has 0 aromatic carbocycles. The Morgan fingerprint density at radius 2 is 2.09 bits per heavy atom. The van der Waals surface area contributed by atoms with Crippen LogP contribution in [-0.2, 0) is 56.8 Å². The largest absolute Gasteiger partial charge is 0.611 e. The molecule has 126 valence electrons. The SMILES string of the molecule is O=C1N2CC(N1OS(=O)(=O)O)C1(CC1)CC2c1nn[c-]o1.[W].[W]. The fourth-order valence-corrected chi connectivity index (χ4v) is 3.70. The normalized spacial score (nSPS) is 27.6. The smallest absolute Gasteiger partial charge is 0.418 e. The zero-order valence-corrected chi connectivity index (χ0v) is 18.2. The molecule has 1 aromatic heterocycles. The third-order valence-electron chi connectivity index (χ3n) is 4.46. The second-order valence-electron chi connectivity index (χ2n) is 5.59. The summed E-state index contributed by atoms with van der Waals surface area (Å²) in [5, 5.41) is 8.03. The predicted octanol–water partition coefficient (Wildman–Crippen LogP) is -0.0696. The average Bonchev–Trinajstić information content (AvgIpc) is 2.87. The maximum absolute atomic E-state index is 12.3. The number of urea groups is 1. The van der Waals surface area contributed by atoms with Crippen LogP contribution in [0.5, 0.6) is 0 Å². The van der Waals surface area contributed by atoms with Gasteiger partial charge in [-0.1, -0.05) is 0 Å². The number of piperidine rings is 1. The van der Waals surface area contributed by atoms with Gasteiger partial charge in [-0.05, 0) is 24.7 Å². The summed E-state index contributed by atoms with van der Waals surface area (Å²) in [6.45, 7) is 0.293. The molecular weight excluding hydrogens is 672 g/mol. The minimum atomic E-state index is -4.75. The van der Waals surface area contributed by atoms with Crippen LogP contribution in [0.4, 0.5) is 4.79 Å². The van der Waals surface area contributed by atoms with Crippen molar-refractivity contribution in [3.63, 3.8) is 0 Å². The van der Waals surface area contributed by atoms with E-state index in [1.54, 1.807) is 0 Å². The number of rotatable bonds is 3. The van der Waals surface area contributed by atoms with E-state index < -0.39 is 28.5 Å². The number of fused-ring (bicyclic) bond motifs is 3. The van der Waals surface area contributed by atoms with Gasteiger partial charge >= 0.3 is 16.4 Å². The molecule has 2 atom stereocenters. The summed E-state index contributed by atoms with van der Waals surface area (Å²) in [4.78, 5) is 13.8. The van der Waals surface area contributed by atoms with E-state index in [4.69, 9.17) is 8.97 Å². The maximum atomic E-state index is 12.3. The van der Waals surface area contributed by atoms with Crippen molar-refractivity contribution in [3.8, 4) is 0 Å². The molecule has 1 N–H and O–H groups in total. The molecule has 1 spiro atoms. The Kier molecular flexibility index (Phi) is 5.11. The molecule has 23 heavy (non-hydrogen) atoms. The van der Waals surface area contributed by atoms with Crippen LogP contribution < -0.4 is 0 Å². The van der Waals surface area contributed by atoms with E-state index in [0.29, 0.717) is 13.0 Å². The first-order valence-corrected chi connectivity index (χ1v) is 7.72. The second kappa shape index (κ2) is 6.18. The van der Waals surface area contributed by atoms with Crippen LogP contribution in [0.2, 0.25) is 0 Å². The molecule has 3 heterocycles. The monoisotopic (exact) mass is 683 g/mol. The Morgan fingerprint density at radius 1 is 1.39 bits per heavy atom. The van der Waals surface area contributed by atoms with Gasteiger partial charge in [0.2, 0.25) is 0 Å². The number of carbonyl (C=O) groups excluding carboxylic acids is 1. The fourth-order valence-electron chi connectivity index (χ4n) is 3.33. The van der Waals surface area contributed by atoms with Crippen LogP contribution in [-0.4, -0.2) is 51.7 Å². The molecule has 1 aromatic rings. The number of amides is 2. The van der Waals surface area contributed by atoms with E-state index in [2.05, 4.69) is 20.9 Å². The Labute approximate surface area is 160 Å². The number of carbonyl (C=O) groups is 1. The molecule has 1 aliphatic carbocycles. The number of nitrogens with zero attached hydrogens (tertiary/aromatic N) is 4. The number of hydrogen-bond acceptors (Lipinski definition) is 7. The van der Waals surface area contributed by atoms with Gasteiger partial charge in [-0.25, -0.2) is 15.0 Å². The van der Waals surface area contributed by atoms with Gasteiger partial charge in [0.15, 0.2) is 0 Å². The molecule has 2 aliphatic heterocycles. The molecule has 0 radical (unpaired) electrons. The third-order valence-corrected chi connectivity index (χ3v) is 4.81. The van der Waals surface area contributed by atoms with Crippen LogP contribution in [0.25, 0.3) is 0 Å². The van der Waals surface area contributed by atoms with Gasteiger partial charge in [-0.2, -0.15) is 13.5 Å². The summed E-state index contributed by atoms with van der Waals surface area (Å²) in [5.74, 6) is 0.266. The maximum Gasteiger partial charge on any atom is 0.418 e. The Bertz CT molecular complexity index is 694. The Hall–Kier alpha value is -0.343. The van der Waals surface area contributed by atoms with Gasteiger partial charge in [-0.15, -0.1) is 4.28 Å². The number of hydroxylamine groups is 2. The molecule has 2 unspecified atom stereocenters. The molecule has 4 rings (SSSR count). The number of aromatic nitrogens is 2. The van der Waals surface area contributed by atoms with Crippen molar-refractivity contribution >= 4 is 16.4 Å². The summed E-state index contributed by atoms with van der Waals surface area (Å²) in [5.41, 5.74) is -0.230. The minimum absolute atomic E-state index is 0. The standard InChI is InChI=1S/C10H11N4O6S.2W/c15-9-13-4-7(14(9)20-21(16,17)18)10(1-2-10)3-6(13)8-12-11-5-19-8;;/h6-7H,1-4H2,(H,16,17,18);;/q-1;;. The van der Waals surface area contributed by atoms with Crippen molar-refractivity contribution in [1.82, 2.24) is 20.2 Å². The van der Waals surface area contributed by atoms with Crippen LogP contribution in [0.15, 0.2) is 4.42 Å². The molecule has 2 amide bonds. The zero-order valence-electron chi connectivity index (χ0n) is 11.5. The van der Waals surface area contributed by atoms with Gasteiger partial charge < -0.3 is 9.32 Å². The van der Waals surface area contributed by atoms with Crippen LogP contribution in [0.3, 0.4) is 0 Å².